The van der Waals surface area contributed by atoms with Gasteiger partial charge in [0.05, 0.1) is 11.2 Å². The Morgan fingerprint density at radius 3 is 2.23 bits per heavy atom. The van der Waals surface area contributed by atoms with Crippen LogP contribution in [0.1, 0.15) is 5.56 Å². The zero-order valence-corrected chi connectivity index (χ0v) is 16.6. The van der Waals surface area contributed by atoms with Crippen molar-refractivity contribution in [2.24, 2.45) is 5.10 Å². The molecule has 148 valence electrons. The molecule has 0 radical (unpaired) electrons. The first-order valence-corrected chi connectivity index (χ1v) is 10.1. The summed E-state index contributed by atoms with van der Waals surface area (Å²) >= 11 is 0. The van der Waals surface area contributed by atoms with E-state index >= 15 is 0 Å². The number of amides is 1. The molecule has 1 amide bonds. The van der Waals surface area contributed by atoms with Gasteiger partial charge in [-0.15, -0.1) is 5.10 Å². The molecule has 1 N–H and O–H groups in total. The van der Waals surface area contributed by atoms with Crippen LogP contribution >= 0.6 is 0 Å². The normalized spacial score (nSPS) is 13.6. The van der Waals surface area contributed by atoms with E-state index in [4.69, 9.17) is 5.10 Å². The number of aromatic nitrogens is 2. The maximum absolute atomic E-state index is 13.3. The summed E-state index contributed by atoms with van der Waals surface area (Å²) in [5.41, 5.74) is 4.28. The number of carbonyl (C=O) groups excluding carboxylic acids is 1. The number of hydrazone groups is 1. The van der Waals surface area contributed by atoms with Crippen LogP contribution in [-0.2, 0) is 4.79 Å². The van der Waals surface area contributed by atoms with Gasteiger partial charge in [0.15, 0.2) is 5.84 Å². The number of rotatable bonds is 2. The topological polar surface area (TPSA) is 53.4 Å². The number of para-hydroxylation sites is 1. The maximum atomic E-state index is 13.3. The van der Waals surface area contributed by atoms with Gasteiger partial charge in [0, 0.05) is 22.5 Å². The molecule has 0 saturated heterocycles. The fourth-order valence-corrected chi connectivity index (χ4v) is 4.16. The van der Waals surface area contributed by atoms with Gasteiger partial charge in [-0.2, -0.15) is 5.01 Å². The summed E-state index contributed by atoms with van der Waals surface area (Å²) in [7, 11) is 0. The molecule has 0 aliphatic carbocycles. The third-order valence-corrected chi connectivity index (χ3v) is 5.54. The first kappa shape index (κ1) is 17.5. The van der Waals surface area contributed by atoms with Crippen molar-refractivity contribution >= 4 is 45.3 Å². The van der Waals surface area contributed by atoms with E-state index in [-0.39, 0.29) is 5.91 Å². The third kappa shape index (κ3) is 2.79. The summed E-state index contributed by atoms with van der Waals surface area (Å²) in [5.74, 6) is 0.465. The molecule has 5 aromatic rings. The molecule has 31 heavy (non-hydrogen) atoms. The number of fused-ring (bicyclic) bond motifs is 2. The second-order valence-corrected chi connectivity index (χ2v) is 7.45. The summed E-state index contributed by atoms with van der Waals surface area (Å²) in [4.78, 5) is 16.7. The largest absolute Gasteiger partial charge is 0.341 e. The fourth-order valence-electron chi connectivity index (χ4n) is 4.16. The monoisotopic (exact) mass is 402 g/mol. The number of hydrogen-bond acceptors (Lipinski definition) is 2. The fraction of sp³-hybridized carbons (Fsp3) is 0. The summed E-state index contributed by atoms with van der Waals surface area (Å²) < 4.78 is 2.03. The van der Waals surface area contributed by atoms with E-state index in [2.05, 4.69) is 23.2 Å². The van der Waals surface area contributed by atoms with Gasteiger partial charge in [-0.1, -0.05) is 72.8 Å². The molecule has 1 aliphatic heterocycles. The molecule has 5 nitrogen and oxygen atoms in total. The summed E-state index contributed by atoms with van der Waals surface area (Å²) in [6.07, 6.45) is 1.61. The van der Waals surface area contributed by atoms with Crippen LogP contribution in [0.5, 0.6) is 0 Å². The smallest absolute Gasteiger partial charge is 0.275 e. The van der Waals surface area contributed by atoms with Crippen LogP contribution in [0, 0.1) is 0 Å². The zero-order valence-electron chi connectivity index (χ0n) is 16.6. The molecule has 0 atom stereocenters. The minimum atomic E-state index is -0.212. The third-order valence-electron chi connectivity index (χ3n) is 5.54. The average molecular weight is 402 g/mol. The highest BCUT2D eigenvalue weighted by molar-refractivity contribution is 6.19. The van der Waals surface area contributed by atoms with Crippen LogP contribution in [0.25, 0.3) is 27.9 Å². The molecule has 5 heteroatoms. The highest BCUT2D eigenvalue weighted by Crippen LogP contribution is 2.26. The molecule has 0 fully saturated rings. The van der Waals surface area contributed by atoms with Gasteiger partial charge < -0.3 is 4.98 Å². The van der Waals surface area contributed by atoms with Gasteiger partial charge in [0.1, 0.15) is 5.48 Å². The number of aromatic amines is 1. The van der Waals surface area contributed by atoms with Crippen molar-refractivity contribution in [2.45, 2.75) is 0 Å². The van der Waals surface area contributed by atoms with Crippen molar-refractivity contribution in [3.05, 3.63) is 108 Å². The van der Waals surface area contributed by atoms with Crippen LogP contribution in [0.3, 0.4) is 0 Å². The van der Waals surface area contributed by atoms with Gasteiger partial charge in [-0.25, -0.2) is 0 Å². The Kier molecular flexibility index (Phi) is 3.86. The number of benzene rings is 4. The predicted molar refractivity (Wildman–Crippen MR) is 125 cm³/mol. The van der Waals surface area contributed by atoms with Gasteiger partial charge in [0.2, 0.25) is 0 Å². The van der Waals surface area contributed by atoms with Gasteiger partial charge >= 0.3 is 0 Å². The van der Waals surface area contributed by atoms with Crippen LogP contribution in [0.15, 0.2) is 102 Å². The van der Waals surface area contributed by atoms with Gasteiger partial charge in [0.25, 0.3) is 5.91 Å². The van der Waals surface area contributed by atoms with E-state index in [0.717, 1.165) is 27.4 Å². The van der Waals surface area contributed by atoms with Crippen molar-refractivity contribution in [1.82, 2.24) is 9.55 Å². The molecule has 0 saturated carbocycles. The van der Waals surface area contributed by atoms with Crippen LogP contribution in [0.2, 0.25) is 0 Å². The lowest BCUT2D eigenvalue weighted by Crippen LogP contribution is -2.31. The van der Waals surface area contributed by atoms with Gasteiger partial charge in [-0.3, -0.25) is 9.36 Å². The maximum Gasteiger partial charge on any atom is 0.275 e. The molecule has 2 heterocycles. The van der Waals surface area contributed by atoms with E-state index in [1.807, 2.05) is 83.4 Å². The van der Waals surface area contributed by atoms with Crippen molar-refractivity contribution < 1.29 is 4.79 Å². The number of hydrogen-bond donors (Lipinski definition) is 1. The van der Waals surface area contributed by atoms with Crippen molar-refractivity contribution in [3.8, 4) is 0 Å². The minimum Gasteiger partial charge on any atom is -0.341 e. The van der Waals surface area contributed by atoms with Gasteiger partial charge in [-0.05, 0) is 29.7 Å². The number of nitrogens with zero attached hydrogens (tertiary/aromatic N) is 3. The first-order valence-electron chi connectivity index (χ1n) is 10.1. The molecule has 6 rings (SSSR count). The van der Waals surface area contributed by atoms with Crippen LogP contribution in [0.4, 0.5) is 5.69 Å². The number of anilines is 1. The lowest BCUT2D eigenvalue weighted by atomic mass is 10.1. The molecule has 1 aromatic heterocycles. The second kappa shape index (κ2) is 6.85. The first-order chi connectivity index (χ1) is 15.3. The molecule has 1 aliphatic rings. The summed E-state index contributed by atoms with van der Waals surface area (Å²) in [5, 5.41) is 8.57. The van der Waals surface area contributed by atoms with Crippen LogP contribution < -0.4 is 10.5 Å². The van der Waals surface area contributed by atoms with Crippen LogP contribution in [-0.4, -0.2) is 21.3 Å². The Morgan fingerprint density at radius 2 is 1.45 bits per heavy atom. The number of carbonyl (C=O) groups is 1. The Labute approximate surface area is 178 Å². The predicted octanol–water partition coefficient (Wildman–Crippen LogP) is 4.44. The second-order valence-electron chi connectivity index (χ2n) is 7.45. The highest BCUT2D eigenvalue weighted by atomic mass is 16.2. The Hall–Kier alpha value is -4.38. The van der Waals surface area contributed by atoms with E-state index in [0.29, 0.717) is 17.0 Å². The zero-order chi connectivity index (χ0) is 20.8. The summed E-state index contributed by atoms with van der Waals surface area (Å²) in [6.45, 7) is 0. The Morgan fingerprint density at radius 1 is 0.742 bits per heavy atom. The molecule has 0 bridgehead atoms. The lowest BCUT2D eigenvalue weighted by molar-refractivity contribution is -0.112. The Balaban J connectivity index is 1.76. The van der Waals surface area contributed by atoms with Crippen molar-refractivity contribution in [2.75, 3.05) is 5.01 Å². The molecule has 4 aromatic carbocycles. The van der Waals surface area contributed by atoms with E-state index in [1.54, 1.807) is 6.08 Å². The van der Waals surface area contributed by atoms with Crippen molar-refractivity contribution in [3.63, 3.8) is 0 Å². The van der Waals surface area contributed by atoms with Crippen molar-refractivity contribution in [1.29, 1.82) is 0 Å². The number of nitrogens with one attached hydrogen (secondary N) is 1. The SMILES string of the molecule is O=C1C=c2[nH]c3cccc4cccc(c43)n2C(c2ccccc2)=NN1c1ccccc1. The molecule has 0 spiro atoms. The Bertz CT molecular complexity index is 1540. The van der Waals surface area contributed by atoms with E-state index < -0.39 is 0 Å². The average Bonchev–Trinajstić information content (AvgIpc) is 2.97. The standard InChI is InChI=1S/C26H18N4O/c31-24-17-23-27-21-15-7-11-18-12-8-16-22(25(18)21)29(23)26(19-9-3-1-4-10-19)28-30(24)20-13-5-2-6-14-20/h1-17,27H. The van der Waals surface area contributed by atoms with E-state index in [1.165, 1.54) is 5.01 Å². The summed E-state index contributed by atoms with van der Waals surface area (Å²) in [6, 6.07) is 31.8. The quantitative estimate of drug-likeness (QED) is 0.466. The lowest BCUT2D eigenvalue weighted by Gasteiger charge is -2.18. The highest BCUT2D eigenvalue weighted by Gasteiger charge is 2.22. The molecule has 0 unspecified atom stereocenters. The molecular formula is C26H18N4O. The minimum absolute atomic E-state index is 0.212. The molecular weight excluding hydrogens is 384 g/mol. The van der Waals surface area contributed by atoms with E-state index in [9.17, 15) is 4.79 Å². The number of H-pyrrole nitrogens is 1.